The number of anilines is 2. The second kappa shape index (κ2) is 7.15. The van der Waals surface area contributed by atoms with Gasteiger partial charge in [0.25, 0.3) is 0 Å². The Morgan fingerprint density at radius 1 is 1.30 bits per heavy atom. The Morgan fingerprint density at radius 2 is 2.09 bits per heavy atom. The van der Waals surface area contributed by atoms with Gasteiger partial charge in [0.2, 0.25) is 0 Å². The summed E-state index contributed by atoms with van der Waals surface area (Å²) in [7, 11) is 1.57. The summed E-state index contributed by atoms with van der Waals surface area (Å²) in [5.41, 5.74) is 1.27. The van der Waals surface area contributed by atoms with E-state index in [-0.39, 0.29) is 6.03 Å². The van der Waals surface area contributed by atoms with Crippen molar-refractivity contribution in [2.75, 3.05) is 31.0 Å². The van der Waals surface area contributed by atoms with Crippen molar-refractivity contribution < 1.29 is 14.3 Å². The van der Waals surface area contributed by atoms with Crippen LogP contribution in [-0.4, -0.2) is 36.1 Å². The fourth-order valence-corrected chi connectivity index (χ4v) is 2.58. The summed E-state index contributed by atoms with van der Waals surface area (Å²) in [4.78, 5) is 12.1. The molecule has 1 aromatic carbocycles. The van der Waals surface area contributed by atoms with Crippen LogP contribution in [0.2, 0.25) is 0 Å². The first-order valence-corrected chi connectivity index (χ1v) is 7.59. The first-order valence-electron chi connectivity index (χ1n) is 7.59. The van der Waals surface area contributed by atoms with Crippen molar-refractivity contribution in [1.82, 2.24) is 9.78 Å². The lowest BCUT2D eigenvalue weighted by Gasteiger charge is -2.22. The van der Waals surface area contributed by atoms with E-state index in [1.165, 1.54) is 0 Å². The molecule has 23 heavy (non-hydrogen) atoms. The lowest BCUT2D eigenvalue weighted by atomic mass is 10.1. The van der Waals surface area contributed by atoms with Crippen LogP contribution >= 0.6 is 0 Å². The molecule has 2 aromatic rings. The normalized spacial score (nSPS) is 15.2. The van der Waals surface area contributed by atoms with Crippen molar-refractivity contribution in [3.05, 3.63) is 36.7 Å². The maximum absolute atomic E-state index is 12.1. The van der Waals surface area contributed by atoms with E-state index in [0.29, 0.717) is 23.2 Å². The fourth-order valence-electron chi connectivity index (χ4n) is 2.58. The molecule has 2 amide bonds. The van der Waals surface area contributed by atoms with Gasteiger partial charge in [-0.25, -0.2) is 4.79 Å². The number of para-hydroxylation sites is 2. The van der Waals surface area contributed by atoms with Crippen molar-refractivity contribution in [3.63, 3.8) is 0 Å². The average molecular weight is 316 g/mol. The summed E-state index contributed by atoms with van der Waals surface area (Å²) >= 11 is 0. The van der Waals surface area contributed by atoms with E-state index in [4.69, 9.17) is 9.47 Å². The lowest BCUT2D eigenvalue weighted by Crippen LogP contribution is -2.20. The number of urea groups is 1. The number of benzene rings is 1. The number of methoxy groups -OCH3 is 1. The Hall–Kier alpha value is -2.54. The summed E-state index contributed by atoms with van der Waals surface area (Å²) < 4.78 is 12.4. The smallest absolute Gasteiger partial charge is 0.323 e. The summed E-state index contributed by atoms with van der Waals surface area (Å²) in [6, 6.07) is 7.25. The Kier molecular flexibility index (Phi) is 4.77. The fraction of sp³-hybridized carbons (Fsp3) is 0.375. The van der Waals surface area contributed by atoms with Gasteiger partial charge in [0.05, 0.1) is 30.7 Å². The van der Waals surface area contributed by atoms with E-state index in [1.807, 2.05) is 23.0 Å². The number of carbonyl (C=O) groups is 1. The molecule has 0 atom stereocenters. The lowest BCUT2D eigenvalue weighted by molar-refractivity contribution is 0.0662. The van der Waals surface area contributed by atoms with E-state index in [1.54, 1.807) is 25.4 Å². The molecule has 7 heteroatoms. The number of carbonyl (C=O) groups excluding carboxylic acids is 1. The third kappa shape index (κ3) is 3.81. The molecular formula is C16H20N4O3. The maximum atomic E-state index is 12.1. The van der Waals surface area contributed by atoms with E-state index in [9.17, 15) is 4.79 Å². The predicted molar refractivity (Wildman–Crippen MR) is 87.0 cm³/mol. The number of rotatable bonds is 4. The highest BCUT2D eigenvalue weighted by Gasteiger charge is 2.17. The first-order chi connectivity index (χ1) is 11.3. The van der Waals surface area contributed by atoms with Crippen molar-refractivity contribution in [2.24, 2.45) is 0 Å². The summed E-state index contributed by atoms with van der Waals surface area (Å²) in [5, 5.41) is 9.88. The maximum Gasteiger partial charge on any atom is 0.323 e. The van der Waals surface area contributed by atoms with Crippen LogP contribution in [0.4, 0.5) is 16.2 Å². The van der Waals surface area contributed by atoms with Gasteiger partial charge < -0.3 is 20.1 Å². The Morgan fingerprint density at radius 3 is 2.87 bits per heavy atom. The standard InChI is InChI=1S/C16H20N4O3/c1-22-15-5-3-2-4-14(15)19-16(21)18-12-10-17-20(11-12)13-6-8-23-9-7-13/h2-5,10-11,13H,6-9H2,1H3,(H2,18,19,21). The van der Waals surface area contributed by atoms with Crippen LogP contribution in [0.3, 0.4) is 0 Å². The van der Waals surface area contributed by atoms with Gasteiger partial charge in [0.1, 0.15) is 5.75 Å². The average Bonchev–Trinajstić information content (AvgIpc) is 3.04. The predicted octanol–water partition coefficient (Wildman–Crippen LogP) is 2.89. The van der Waals surface area contributed by atoms with Crippen LogP contribution in [0.25, 0.3) is 0 Å². The molecule has 7 nitrogen and oxygen atoms in total. The van der Waals surface area contributed by atoms with Gasteiger partial charge in [-0.2, -0.15) is 5.10 Å². The molecule has 1 saturated heterocycles. The summed E-state index contributed by atoms with van der Waals surface area (Å²) in [6.07, 6.45) is 5.37. The molecule has 0 spiro atoms. The van der Waals surface area contributed by atoms with Crippen molar-refractivity contribution in [3.8, 4) is 5.75 Å². The van der Waals surface area contributed by atoms with Crippen LogP contribution in [-0.2, 0) is 4.74 Å². The van der Waals surface area contributed by atoms with E-state index >= 15 is 0 Å². The Labute approximate surface area is 134 Å². The quantitative estimate of drug-likeness (QED) is 0.909. The molecule has 1 aliphatic heterocycles. The molecule has 3 rings (SSSR count). The van der Waals surface area contributed by atoms with Crippen LogP contribution in [0, 0.1) is 0 Å². The number of aromatic nitrogens is 2. The molecule has 0 unspecified atom stereocenters. The van der Waals surface area contributed by atoms with Crippen LogP contribution in [0.15, 0.2) is 36.7 Å². The molecule has 1 fully saturated rings. The molecule has 0 bridgehead atoms. The third-order valence-corrected chi connectivity index (χ3v) is 3.78. The first kappa shape index (κ1) is 15.4. The topological polar surface area (TPSA) is 77.4 Å². The second-order valence-corrected chi connectivity index (χ2v) is 5.33. The molecule has 0 aliphatic carbocycles. The third-order valence-electron chi connectivity index (χ3n) is 3.78. The Bertz CT molecular complexity index is 665. The minimum Gasteiger partial charge on any atom is -0.495 e. The minimum atomic E-state index is -0.332. The highest BCUT2D eigenvalue weighted by Crippen LogP contribution is 2.24. The number of nitrogens with zero attached hydrogens (tertiary/aromatic N) is 2. The zero-order valence-corrected chi connectivity index (χ0v) is 13.0. The molecular weight excluding hydrogens is 296 g/mol. The Balaban J connectivity index is 1.60. The van der Waals surface area contributed by atoms with Crippen molar-refractivity contribution in [1.29, 1.82) is 0 Å². The van der Waals surface area contributed by atoms with E-state index in [0.717, 1.165) is 26.1 Å². The molecule has 0 radical (unpaired) electrons. The second-order valence-electron chi connectivity index (χ2n) is 5.33. The van der Waals surface area contributed by atoms with E-state index < -0.39 is 0 Å². The zero-order chi connectivity index (χ0) is 16.1. The molecule has 2 N–H and O–H groups in total. The van der Waals surface area contributed by atoms with Crippen LogP contribution in [0.1, 0.15) is 18.9 Å². The summed E-state index contributed by atoms with van der Waals surface area (Å²) in [6.45, 7) is 1.50. The number of hydrogen-bond donors (Lipinski definition) is 2. The molecule has 1 aromatic heterocycles. The van der Waals surface area contributed by atoms with Crippen molar-refractivity contribution >= 4 is 17.4 Å². The van der Waals surface area contributed by atoms with E-state index in [2.05, 4.69) is 15.7 Å². The molecule has 122 valence electrons. The molecule has 1 aliphatic rings. The van der Waals surface area contributed by atoms with Gasteiger partial charge in [-0.3, -0.25) is 4.68 Å². The van der Waals surface area contributed by atoms with Gasteiger partial charge in [-0.15, -0.1) is 0 Å². The van der Waals surface area contributed by atoms with Crippen molar-refractivity contribution in [2.45, 2.75) is 18.9 Å². The monoisotopic (exact) mass is 316 g/mol. The minimum absolute atomic E-state index is 0.330. The van der Waals surface area contributed by atoms with Gasteiger partial charge >= 0.3 is 6.03 Å². The number of hydrogen-bond acceptors (Lipinski definition) is 4. The van der Waals surface area contributed by atoms with Gasteiger partial charge in [-0.05, 0) is 25.0 Å². The SMILES string of the molecule is COc1ccccc1NC(=O)Nc1cnn(C2CCOCC2)c1. The zero-order valence-electron chi connectivity index (χ0n) is 13.0. The summed E-state index contributed by atoms with van der Waals surface area (Å²) in [5.74, 6) is 0.612. The number of nitrogens with one attached hydrogen (secondary N) is 2. The largest absolute Gasteiger partial charge is 0.495 e. The van der Waals surface area contributed by atoms with Crippen LogP contribution in [0.5, 0.6) is 5.75 Å². The molecule has 0 saturated carbocycles. The highest BCUT2D eigenvalue weighted by atomic mass is 16.5. The van der Waals surface area contributed by atoms with Crippen LogP contribution < -0.4 is 15.4 Å². The number of amides is 2. The van der Waals surface area contributed by atoms with Gasteiger partial charge in [0.15, 0.2) is 0 Å². The van der Waals surface area contributed by atoms with Gasteiger partial charge in [-0.1, -0.05) is 12.1 Å². The highest BCUT2D eigenvalue weighted by molar-refractivity contribution is 6.00. The van der Waals surface area contributed by atoms with Gasteiger partial charge in [0, 0.05) is 19.4 Å². The molecule has 2 heterocycles. The number of ether oxygens (including phenoxy) is 2.